The van der Waals surface area contributed by atoms with E-state index in [1.165, 1.54) is 19.3 Å². The third-order valence-electron chi connectivity index (χ3n) is 6.80. The minimum absolute atomic E-state index is 0.150. The van der Waals surface area contributed by atoms with Crippen molar-refractivity contribution in [2.75, 3.05) is 0 Å². The number of hydrogen-bond acceptors (Lipinski definition) is 6. The van der Waals surface area contributed by atoms with Gasteiger partial charge in [-0.25, -0.2) is 11.3 Å². The minimum atomic E-state index is -1.12. The molecular weight excluding hydrogens is 396 g/mol. The van der Waals surface area contributed by atoms with Gasteiger partial charge in [-0.3, -0.25) is 19.8 Å². The quantitative estimate of drug-likeness (QED) is 0.182. The van der Waals surface area contributed by atoms with E-state index in [4.69, 9.17) is 5.84 Å². The van der Waals surface area contributed by atoms with Crippen molar-refractivity contribution in [3.8, 4) is 6.07 Å². The molecule has 0 radical (unpaired) electrons. The molecule has 4 aliphatic rings. The maximum Gasteiger partial charge on any atom is 0.330 e. The summed E-state index contributed by atoms with van der Waals surface area (Å²) in [6, 6.07) is 10.9. The molecule has 1 aromatic rings. The van der Waals surface area contributed by atoms with E-state index in [-0.39, 0.29) is 11.3 Å². The third kappa shape index (κ3) is 4.30. The first kappa shape index (κ1) is 21.0. The standard InChI is InChI=1S/C22H26N6O3/c23-12-17(16-4-2-1-3-5-16)18(27-28-21(31)20(30)26-24)19(29)25-22-9-13-6-14(10-22)8-15(7-13)11-22/h1-5,13-15,17H,6-11,24H2,(H,25,29)(H,26,30)(H,28,31)/b27-18-/t13?,14?,15?,17-,22?/m1/s1. The third-order valence-corrected chi connectivity index (χ3v) is 6.80. The van der Waals surface area contributed by atoms with E-state index < -0.39 is 23.6 Å². The lowest BCUT2D eigenvalue weighted by Gasteiger charge is -2.56. The zero-order valence-corrected chi connectivity index (χ0v) is 17.1. The van der Waals surface area contributed by atoms with Gasteiger partial charge in [-0.1, -0.05) is 30.3 Å². The summed E-state index contributed by atoms with van der Waals surface area (Å²) in [5, 5.41) is 16.9. The van der Waals surface area contributed by atoms with Crippen LogP contribution < -0.4 is 22.0 Å². The van der Waals surface area contributed by atoms with Crippen molar-refractivity contribution in [3.05, 3.63) is 35.9 Å². The summed E-state index contributed by atoms with van der Waals surface area (Å²) in [7, 11) is 0. The fraction of sp³-hybridized carbons (Fsp3) is 0.500. The smallest absolute Gasteiger partial charge is 0.330 e. The molecule has 5 rings (SSSR count). The topological polar surface area (TPSA) is 149 Å². The molecule has 0 heterocycles. The highest BCUT2D eigenvalue weighted by Crippen LogP contribution is 2.55. The lowest BCUT2D eigenvalue weighted by molar-refractivity contribution is -0.139. The normalized spacial score (nSPS) is 29.5. The molecule has 4 saturated carbocycles. The fourth-order valence-corrected chi connectivity index (χ4v) is 5.98. The second kappa shape index (κ2) is 8.47. The molecule has 1 atom stereocenters. The number of nitrogens with zero attached hydrogens (tertiary/aromatic N) is 2. The number of hydrazine groups is 1. The van der Waals surface area contributed by atoms with Gasteiger partial charge >= 0.3 is 11.8 Å². The highest BCUT2D eigenvalue weighted by Gasteiger charge is 2.52. The van der Waals surface area contributed by atoms with E-state index in [0.717, 1.165) is 19.3 Å². The zero-order valence-electron chi connectivity index (χ0n) is 17.1. The van der Waals surface area contributed by atoms with Crippen LogP contribution in [0.15, 0.2) is 35.4 Å². The zero-order chi connectivity index (χ0) is 22.0. The second-order valence-corrected chi connectivity index (χ2v) is 9.04. The number of hydrazone groups is 1. The van der Waals surface area contributed by atoms with Crippen LogP contribution >= 0.6 is 0 Å². The van der Waals surface area contributed by atoms with Crippen LogP contribution in [0.1, 0.15) is 50.0 Å². The lowest BCUT2D eigenvalue weighted by Crippen LogP contribution is -2.61. The molecule has 9 nitrogen and oxygen atoms in total. The summed E-state index contributed by atoms with van der Waals surface area (Å²) in [6.07, 6.45) is 6.48. The molecule has 4 aliphatic carbocycles. The Kier molecular flexibility index (Phi) is 5.74. The van der Waals surface area contributed by atoms with Crippen LogP contribution in [0.2, 0.25) is 0 Å². The first-order valence-electron chi connectivity index (χ1n) is 10.6. The van der Waals surface area contributed by atoms with Crippen molar-refractivity contribution in [1.29, 1.82) is 5.26 Å². The Hall–Kier alpha value is -3.25. The van der Waals surface area contributed by atoms with E-state index >= 15 is 0 Å². The molecular formula is C22H26N6O3. The predicted molar refractivity (Wildman–Crippen MR) is 112 cm³/mol. The van der Waals surface area contributed by atoms with Crippen LogP contribution in [0.4, 0.5) is 0 Å². The molecule has 4 fully saturated rings. The molecule has 162 valence electrons. The van der Waals surface area contributed by atoms with E-state index in [2.05, 4.69) is 21.9 Å². The first-order chi connectivity index (χ1) is 14.9. The average Bonchev–Trinajstić information content (AvgIpc) is 2.75. The Balaban J connectivity index is 1.60. The highest BCUT2D eigenvalue weighted by atomic mass is 16.2. The summed E-state index contributed by atoms with van der Waals surface area (Å²) < 4.78 is 0. The van der Waals surface area contributed by atoms with E-state index in [9.17, 15) is 19.6 Å². The lowest BCUT2D eigenvalue weighted by atomic mass is 9.53. The number of benzene rings is 1. The van der Waals surface area contributed by atoms with Gasteiger partial charge in [-0.2, -0.15) is 10.4 Å². The Morgan fingerprint density at radius 3 is 2.10 bits per heavy atom. The molecule has 1 aromatic carbocycles. The van der Waals surface area contributed by atoms with E-state index in [0.29, 0.717) is 23.3 Å². The molecule has 0 unspecified atom stereocenters. The number of hydrogen-bond donors (Lipinski definition) is 4. The first-order valence-corrected chi connectivity index (χ1v) is 10.6. The molecule has 0 aromatic heterocycles. The molecule has 0 spiro atoms. The van der Waals surface area contributed by atoms with Gasteiger partial charge in [0.25, 0.3) is 5.91 Å². The van der Waals surface area contributed by atoms with Crippen molar-refractivity contribution in [3.63, 3.8) is 0 Å². The number of nitrogens with one attached hydrogen (secondary N) is 3. The predicted octanol–water partition coefficient (Wildman–Crippen LogP) is 0.841. The van der Waals surface area contributed by atoms with Crippen LogP contribution in [0.3, 0.4) is 0 Å². The summed E-state index contributed by atoms with van der Waals surface area (Å²) >= 11 is 0. The van der Waals surface area contributed by atoms with Crippen molar-refractivity contribution in [1.82, 2.24) is 16.2 Å². The summed E-state index contributed by atoms with van der Waals surface area (Å²) in [5.74, 6) is 3.13. The molecule has 3 amide bonds. The maximum absolute atomic E-state index is 13.4. The van der Waals surface area contributed by atoms with E-state index in [1.807, 2.05) is 0 Å². The van der Waals surface area contributed by atoms with Crippen LogP contribution in [0.5, 0.6) is 0 Å². The minimum Gasteiger partial charge on any atom is -0.345 e. The van der Waals surface area contributed by atoms with Gasteiger partial charge in [0.05, 0.1) is 6.07 Å². The summed E-state index contributed by atoms with van der Waals surface area (Å²) in [5.41, 5.74) is 3.89. The Labute approximate surface area is 180 Å². The summed E-state index contributed by atoms with van der Waals surface area (Å²) in [6.45, 7) is 0. The second-order valence-electron chi connectivity index (χ2n) is 9.04. The van der Waals surface area contributed by atoms with Gasteiger partial charge in [0.1, 0.15) is 11.6 Å². The number of carbonyl (C=O) groups excluding carboxylic acids is 3. The van der Waals surface area contributed by atoms with Gasteiger partial charge in [0.15, 0.2) is 0 Å². The van der Waals surface area contributed by atoms with Crippen LogP contribution in [0, 0.1) is 29.1 Å². The van der Waals surface area contributed by atoms with Gasteiger partial charge < -0.3 is 5.32 Å². The SMILES string of the molecule is N#C[C@@H](/C(=N/NC(=O)C(=O)NN)C(=O)NC12CC3CC(CC(C3)C1)C2)c1ccccc1. The number of nitriles is 1. The number of rotatable bonds is 5. The Morgan fingerprint density at radius 2 is 1.58 bits per heavy atom. The number of nitrogens with two attached hydrogens (primary N) is 1. The number of amides is 3. The molecule has 0 aliphatic heterocycles. The Bertz CT molecular complexity index is 916. The fourth-order valence-electron chi connectivity index (χ4n) is 5.98. The molecule has 0 saturated heterocycles. The van der Waals surface area contributed by atoms with Gasteiger partial charge in [0, 0.05) is 5.54 Å². The highest BCUT2D eigenvalue weighted by molar-refractivity contribution is 6.42. The summed E-state index contributed by atoms with van der Waals surface area (Å²) in [4.78, 5) is 36.6. The van der Waals surface area contributed by atoms with Crippen LogP contribution in [-0.2, 0) is 14.4 Å². The van der Waals surface area contributed by atoms with Crippen molar-refractivity contribution in [2.24, 2.45) is 28.7 Å². The monoisotopic (exact) mass is 422 g/mol. The van der Waals surface area contributed by atoms with Crippen molar-refractivity contribution in [2.45, 2.75) is 50.0 Å². The van der Waals surface area contributed by atoms with Gasteiger partial charge in [0.2, 0.25) is 0 Å². The molecule has 9 heteroatoms. The Morgan fingerprint density at radius 1 is 1.00 bits per heavy atom. The molecule has 31 heavy (non-hydrogen) atoms. The average molecular weight is 422 g/mol. The van der Waals surface area contributed by atoms with E-state index in [1.54, 1.807) is 35.8 Å². The maximum atomic E-state index is 13.4. The largest absolute Gasteiger partial charge is 0.345 e. The number of carbonyl (C=O) groups is 3. The van der Waals surface area contributed by atoms with Crippen LogP contribution in [0.25, 0.3) is 0 Å². The molecule has 5 N–H and O–H groups in total. The molecule has 4 bridgehead atoms. The van der Waals surface area contributed by atoms with Crippen LogP contribution in [-0.4, -0.2) is 29.0 Å². The van der Waals surface area contributed by atoms with Gasteiger partial charge in [-0.05, 0) is 61.8 Å². The van der Waals surface area contributed by atoms with Crippen molar-refractivity contribution < 1.29 is 14.4 Å². The van der Waals surface area contributed by atoms with Gasteiger partial charge in [-0.15, -0.1) is 0 Å². The van der Waals surface area contributed by atoms with Crippen molar-refractivity contribution >= 4 is 23.4 Å².